The summed E-state index contributed by atoms with van der Waals surface area (Å²) in [6.45, 7) is 8.99. The molecule has 1 aliphatic heterocycles. The summed E-state index contributed by atoms with van der Waals surface area (Å²) in [5.41, 5.74) is 1.26. The molecular weight excluding hydrogens is 296 g/mol. The summed E-state index contributed by atoms with van der Waals surface area (Å²) in [5.74, 6) is 2.30. The van der Waals surface area contributed by atoms with Gasteiger partial charge in [-0.15, -0.1) is 0 Å². The van der Waals surface area contributed by atoms with Crippen LogP contribution in [0.3, 0.4) is 0 Å². The number of hydrogen-bond acceptors (Lipinski definition) is 3. The van der Waals surface area contributed by atoms with Gasteiger partial charge < -0.3 is 4.90 Å². The number of aryl methyl sites for hydroxylation is 1. The van der Waals surface area contributed by atoms with Crippen molar-refractivity contribution in [2.24, 2.45) is 0 Å². The predicted molar refractivity (Wildman–Crippen MR) is 80.0 cm³/mol. The summed E-state index contributed by atoms with van der Waals surface area (Å²) < 4.78 is 1.49. The van der Waals surface area contributed by atoms with Gasteiger partial charge >= 0.3 is 0 Å². The fraction of sp³-hybridized carbons (Fsp3) is 0.615. The van der Waals surface area contributed by atoms with Gasteiger partial charge in [-0.2, -0.15) is 11.8 Å². The Kier molecular flexibility index (Phi) is 4.03. The average molecular weight is 315 g/mol. The maximum atomic E-state index is 4.52. The number of nitrogens with zero attached hydrogens (tertiary/aromatic N) is 2. The lowest BCUT2D eigenvalue weighted by Gasteiger charge is -2.23. The van der Waals surface area contributed by atoms with Crippen LogP contribution in [0.15, 0.2) is 16.7 Å². The first-order chi connectivity index (χ1) is 7.98. The largest absolute Gasteiger partial charge is 0.356 e. The van der Waals surface area contributed by atoms with Gasteiger partial charge in [0, 0.05) is 34.3 Å². The molecule has 1 aliphatic rings. The zero-order valence-electron chi connectivity index (χ0n) is 10.7. The van der Waals surface area contributed by atoms with Gasteiger partial charge in [-0.05, 0) is 40.9 Å². The Bertz CT molecular complexity index is 406. The molecule has 1 saturated heterocycles. The number of aromatic nitrogens is 1. The molecule has 0 radical (unpaired) electrons. The van der Waals surface area contributed by atoms with E-state index in [4.69, 9.17) is 0 Å². The summed E-state index contributed by atoms with van der Waals surface area (Å²) in [5, 5.41) is 0. The van der Waals surface area contributed by atoms with E-state index in [-0.39, 0.29) is 0 Å². The van der Waals surface area contributed by atoms with Crippen molar-refractivity contribution in [3.63, 3.8) is 0 Å². The van der Waals surface area contributed by atoms with Crippen molar-refractivity contribution in [3.8, 4) is 0 Å². The third-order valence-electron chi connectivity index (χ3n) is 3.19. The van der Waals surface area contributed by atoms with Gasteiger partial charge in [-0.1, -0.05) is 13.8 Å². The standard InChI is InChI=1S/C13H19BrN2S/c1-10-8-12(15-9-11(10)14)16-5-4-13(2,3)17-7-6-16/h8-9H,4-7H2,1-3H3. The number of hydrogen-bond donors (Lipinski definition) is 0. The summed E-state index contributed by atoms with van der Waals surface area (Å²) in [6.07, 6.45) is 3.13. The molecule has 0 atom stereocenters. The number of thioether (sulfide) groups is 1. The second kappa shape index (κ2) is 5.19. The van der Waals surface area contributed by atoms with E-state index in [9.17, 15) is 0 Å². The lowest BCUT2D eigenvalue weighted by Crippen LogP contribution is -2.27. The SMILES string of the molecule is Cc1cc(N2CCSC(C)(C)CC2)ncc1Br. The third-order valence-corrected chi connectivity index (χ3v) is 5.40. The molecule has 2 rings (SSSR count). The topological polar surface area (TPSA) is 16.1 Å². The summed E-state index contributed by atoms with van der Waals surface area (Å²) in [7, 11) is 0. The van der Waals surface area contributed by atoms with Crippen LogP contribution in [0, 0.1) is 6.92 Å². The first-order valence-electron chi connectivity index (χ1n) is 5.99. The van der Waals surface area contributed by atoms with Crippen molar-refractivity contribution in [1.29, 1.82) is 0 Å². The first-order valence-corrected chi connectivity index (χ1v) is 7.77. The van der Waals surface area contributed by atoms with E-state index in [0.29, 0.717) is 4.75 Å². The highest BCUT2D eigenvalue weighted by molar-refractivity contribution is 9.10. The van der Waals surface area contributed by atoms with Crippen molar-refractivity contribution in [3.05, 3.63) is 22.3 Å². The van der Waals surface area contributed by atoms with Crippen molar-refractivity contribution >= 4 is 33.5 Å². The molecule has 4 heteroatoms. The van der Waals surface area contributed by atoms with Crippen LogP contribution in [0.4, 0.5) is 5.82 Å². The van der Waals surface area contributed by atoms with Gasteiger partial charge in [-0.25, -0.2) is 4.98 Å². The van der Waals surface area contributed by atoms with E-state index >= 15 is 0 Å². The van der Waals surface area contributed by atoms with Gasteiger partial charge in [0.05, 0.1) is 0 Å². The average Bonchev–Trinajstić information content (AvgIpc) is 2.44. The van der Waals surface area contributed by atoms with E-state index < -0.39 is 0 Å². The minimum atomic E-state index is 0.402. The minimum absolute atomic E-state index is 0.402. The van der Waals surface area contributed by atoms with Crippen molar-refractivity contribution in [2.45, 2.75) is 31.9 Å². The molecule has 0 N–H and O–H groups in total. The van der Waals surface area contributed by atoms with Crippen LogP contribution in [0.2, 0.25) is 0 Å². The fourth-order valence-corrected chi connectivity index (χ4v) is 3.26. The second-order valence-corrected chi connectivity index (χ2v) is 7.79. The van der Waals surface area contributed by atoms with Crippen LogP contribution in [0.5, 0.6) is 0 Å². The highest BCUT2D eigenvalue weighted by Gasteiger charge is 2.24. The lowest BCUT2D eigenvalue weighted by atomic mass is 10.1. The van der Waals surface area contributed by atoms with Crippen molar-refractivity contribution in [1.82, 2.24) is 4.98 Å². The molecule has 2 nitrogen and oxygen atoms in total. The molecule has 94 valence electrons. The normalized spacial score (nSPS) is 20.1. The van der Waals surface area contributed by atoms with Crippen LogP contribution in [-0.4, -0.2) is 28.6 Å². The molecule has 0 aliphatic carbocycles. The third kappa shape index (κ3) is 3.38. The van der Waals surface area contributed by atoms with Crippen LogP contribution >= 0.6 is 27.7 Å². The second-order valence-electron chi connectivity index (χ2n) is 5.14. The minimum Gasteiger partial charge on any atom is -0.356 e. The maximum absolute atomic E-state index is 4.52. The Morgan fingerprint density at radius 2 is 2.18 bits per heavy atom. The summed E-state index contributed by atoms with van der Waals surface area (Å²) in [6, 6.07) is 2.17. The molecule has 2 heterocycles. The van der Waals surface area contributed by atoms with Gasteiger partial charge in [-0.3, -0.25) is 0 Å². The quantitative estimate of drug-likeness (QED) is 0.782. The number of rotatable bonds is 1. The van der Waals surface area contributed by atoms with E-state index in [1.807, 2.05) is 6.20 Å². The number of pyridine rings is 1. The van der Waals surface area contributed by atoms with Gasteiger partial charge in [0.2, 0.25) is 0 Å². The summed E-state index contributed by atoms with van der Waals surface area (Å²) in [4.78, 5) is 6.93. The zero-order valence-corrected chi connectivity index (χ0v) is 13.1. The molecule has 0 bridgehead atoms. The molecule has 17 heavy (non-hydrogen) atoms. The Morgan fingerprint density at radius 1 is 1.41 bits per heavy atom. The lowest BCUT2D eigenvalue weighted by molar-refractivity contribution is 0.635. The van der Waals surface area contributed by atoms with Gasteiger partial charge in [0.25, 0.3) is 0 Å². The molecule has 0 spiro atoms. The maximum Gasteiger partial charge on any atom is 0.128 e. The summed E-state index contributed by atoms with van der Waals surface area (Å²) >= 11 is 5.57. The molecule has 0 aromatic carbocycles. The smallest absolute Gasteiger partial charge is 0.128 e. The van der Waals surface area contributed by atoms with Crippen LogP contribution in [0.25, 0.3) is 0 Å². The number of anilines is 1. The monoisotopic (exact) mass is 314 g/mol. The van der Waals surface area contributed by atoms with Crippen LogP contribution < -0.4 is 4.90 Å². The molecule has 1 aromatic rings. The molecule has 1 aromatic heterocycles. The predicted octanol–water partition coefficient (Wildman–Crippen LogP) is 3.87. The van der Waals surface area contributed by atoms with E-state index in [1.54, 1.807) is 0 Å². The molecular formula is C13H19BrN2S. The highest BCUT2D eigenvalue weighted by Crippen LogP contribution is 2.32. The molecule has 0 amide bonds. The van der Waals surface area contributed by atoms with Crippen molar-refractivity contribution in [2.75, 3.05) is 23.7 Å². The van der Waals surface area contributed by atoms with E-state index in [2.05, 4.69) is 64.4 Å². The van der Waals surface area contributed by atoms with Crippen LogP contribution in [0.1, 0.15) is 25.8 Å². The Hall–Kier alpha value is -0.220. The van der Waals surface area contributed by atoms with E-state index in [0.717, 1.165) is 23.4 Å². The molecule has 1 fully saturated rings. The van der Waals surface area contributed by atoms with Gasteiger partial charge in [0.15, 0.2) is 0 Å². The Morgan fingerprint density at radius 3 is 2.88 bits per heavy atom. The van der Waals surface area contributed by atoms with Crippen LogP contribution in [-0.2, 0) is 0 Å². The van der Waals surface area contributed by atoms with Crippen molar-refractivity contribution < 1.29 is 0 Å². The number of halogens is 1. The molecule has 0 unspecified atom stereocenters. The van der Waals surface area contributed by atoms with Gasteiger partial charge in [0.1, 0.15) is 5.82 Å². The Labute approximate surface area is 116 Å². The fourth-order valence-electron chi connectivity index (χ4n) is 1.95. The first kappa shape index (κ1) is 13.2. The Balaban J connectivity index is 2.14. The highest BCUT2D eigenvalue weighted by atomic mass is 79.9. The molecule has 0 saturated carbocycles. The zero-order chi connectivity index (χ0) is 12.5. The van der Waals surface area contributed by atoms with E-state index in [1.165, 1.54) is 17.7 Å².